The molecule has 0 saturated heterocycles. The lowest BCUT2D eigenvalue weighted by atomic mass is 11.1. The Kier molecular flexibility index (Phi) is 7.16. The van der Waals surface area contributed by atoms with Gasteiger partial charge in [0.1, 0.15) is 0 Å². The molecule has 0 aromatic heterocycles. The fourth-order valence-corrected chi connectivity index (χ4v) is 7.67. The third kappa shape index (κ3) is 7.99. The fourth-order valence-electron chi connectivity index (χ4n) is 1.92. The average molecular weight is 409 g/mol. The van der Waals surface area contributed by atoms with E-state index in [4.69, 9.17) is 8.85 Å². The normalized spacial score (nSPS) is 13.3. The Morgan fingerprint density at radius 3 is 0.875 bits per heavy atom. The molecule has 0 radical (unpaired) electrons. The highest BCUT2D eigenvalue weighted by Gasteiger charge is 2.46. The molecule has 0 N–H and O–H groups in total. The Morgan fingerprint density at radius 1 is 0.542 bits per heavy atom. The number of hydrogen-bond donors (Lipinski definition) is 0. The summed E-state index contributed by atoms with van der Waals surface area (Å²) in [5, 5.41) is 0. The maximum absolute atomic E-state index is 12.9. The van der Waals surface area contributed by atoms with Gasteiger partial charge in [0.15, 0.2) is 16.5 Å². The highest BCUT2D eigenvalue weighted by atomic mass is 28.4. The largest absolute Gasteiger partial charge is 0.504 e. The van der Waals surface area contributed by atoms with Gasteiger partial charge < -0.3 is 8.85 Å². The van der Waals surface area contributed by atoms with Crippen LogP contribution in [0.3, 0.4) is 0 Å². The Morgan fingerprint density at radius 2 is 0.750 bits per heavy atom. The van der Waals surface area contributed by atoms with Gasteiger partial charge in [0.25, 0.3) is 0 Å². The Balaban J connectivity index is 5.96. The van der Waals surface area contributed by atoms with Gasteiger partial charge in [0.05, 0.1) is 0 Å². The molecule has 142 valence electrons. The molecule has 0 rings (SSSR count). The predicted octanol–water partition coefficient (Wildman–Crippen LogP) is 5.12. The van der Waals surface area contributed by atoms with Crippen molar-refractivity contribution in [2.24, 2.45) is 0 Å². The number of hydrazine groups is 1. The molecule has 0 heterocycles. The van der Waals surface area contributed by atoms with Crippen molar-refractivity contribution in [3.8, 4) is 0 Å². The van der Waals surface area contributed by atoms with E-state index < -0.39 is 45.3 Å². The summed E-state index contributed by atoms with van der Waals surface area (Å²) in [4.78, 5) is 25.8. The number of carbonyl (C=O) groups is 2. The number of carbonyl (C=O) groups excluding carboxylic acids is 2. The summed E-state index contributed by atoms with van der Waals surface area (Å²) in [6, 6.07) is 0. The lowest BCUT2D eigenvalue weighted by molar-refractivity contribution is 0.0949. The van der Waals surface area contributed by atoms with Crippen molar-refractivity contribution in [3.63, 3.8) is 0 Å². The van der Waals surface area contributed by atoms with Gasteiger partial charge in [-0.2, -0.15) is 0 Å². The summed E-state index contributed by atoms with van der Waals surface area (Å²) in [6.45, 7) is 24.0. The molecular formula is C14H36N2O4Si4. The smallest absolute Gasteiger partial charge is 0.406 e. The van der Waals surface area contributed by atoms with E-state index in [-0.39, 0.29) is 0 Å². The van der Waals surface area contributed by atoms with Crippen molar-refractivity contribution in [1.82, 2.24) is 9.35 Å². The van der Waals surface area contributed by atoms with E-state index in [1.54, 1.807) is 9.35 Å². The lowest BCUT2D eigenvalue weighted by Crippen LogP contribution is -2.69. The average Bonchev–Trinajstić information content (AvgIpc) is 2.15. The first kappa shape index (κ1) is 23.4. The van der Waals surface area contributed by atoms with Gasteiger partial charge >= 0.3 is 12.2 Å². The minimum atomic E-state index is -2.20. The predicted molar refractivity (Wildman–Crippen MR) is 110 cm³/mol. The molecule has 24 heavy (non-hydrogen) atoms. The van der Waals surface area contributed by atoms with E-state index in [2.05, 4.69) is 0 Å². The summed E-state index contributed by atoms with van der Waals surface area (Å²) in [6.07, 6.45) is -0.827. The topological polar surface area (TPSA) is 59.1 Å². The van der Waals surface area contributed by atoms with Crippen molar-refractivity contribution in [3.05, 3.63) is 0 Å². The summed E-state index contributed by atoms with van der Waals surface area (Å²) in [5.41, 5.74) is 0. The molecule has 0 spiro atoms. The van der Waals surface area contributed by atoms with Crippen molar-refractivity contribution in [2.75, 3.05) is 0 Å². The number of amides is 2. The first-order valence-electron chi connectivity index (χ1n) is 8.32. The molecule has 6 nitrogen and oxygen atoms in total. The molecule has 0 aromatic rings. The third-order valence-electron chi connectivity index (χ3n) is 2.60. The van der Waals surface area contributed by atoms with E-state index in [9.17, 15) is 9.59 Å². The van der Waals surface area contributed by atoms with Crippen molar-refractivity contribution in [1.29, 1.82) is 0 Å². The molecule has 0 aliphatic carbocycles. The number of hydrogen-bond acceptors (Lipinski definition) is 4. The molecule has 0 aromatic carbocycles. The van der Waals surface area contributed by atoms with Gasteiger partial charge in [0, 0.05) is 0 Å². The second kappa shape index (κ2) is 7.34. The fraction of sp³-hybridized carbons (Fsp3) is 0.857. The van der Waals surface area contributed by atoms with E-state index in [1.165, 1.54) is 0 Å². The number of nitrogens with zero attached hydrogens (tertiary/aromatic N) is 2. The van der Waals surface area contributed by atoms with Crippen LogP contribution >= 0.6 is 0 Å². The van der Waals surface area contributed by atoms with Gasteiger partial charge in [-0.25, -0.2) is 9.59 Å². The van der Waals surface area contributed by atoms with Crippen LogP contribution in [0.4, 0.5) is 9.59 Å². The van der Waals surface area contributed by atoms with Crippen LogP contribution in [0.5, 0.6) is 0 Å². The van der Waals surface area contributed by atoms with Gasteiger partial charge in [-0.3, -0.25) is 9.35 Å². The molecule has 0 aliphatic rings. The molecule has 0 fully saturated rings. The second-order valence-electron chi connectivity index (χ2n) is 9.93. The maximum Gasteiger partial charge on any atom is 0.406 e. The van der Waals surface area contributed by atoms with Crippen LogP contribution in [-0.4, -0.2) is 54.6 Å². The summed E-state index contributed by atoms with van der Waals surface area (Å²) in [7, 11) is -8.55. The molecule has 0 bridgehead atoms. The van der Waals surface area contributed by atoms with Crippen LogP contribution in [0.1, 0.15) is 0 Å². The summed E-state index contributed by atoms with van der Waals surface area (Å²) >= 11 is 0. The van der Waals surface area contributed by atoms with Crippen LogP contribution in [-0.2, 0) is 8.85 Å². The van der Waals surface area contributed by atoms with E-state index >= 15 is 0 Å². The molecular weight excluding hydrogens is 373 g/mol. The SMILES string of the molecule is C[Si](C)(C)OC(=O)N(N(C(=O)O[Si](C)(C)C)[Si](C)(C)C)[Si](C)(C)C. The van der Waals surface area contributed by atoms with Crippen LogP contribution in [0, 0.1) is 0 Å². The zero-order valence-electron chi connectivity index (χ0n) is 17.5. The van der Waals surface area contributed by atoms with Crippen LogP contribution in [0.25, 0.3) is 0 Å². The van der Waals surface area contributed by atoms with Gasteiger partial charge in [-0.15, -0.1) is 0 Å². The number of rotatable bonds is 4. The molecule has 2 amide bonds. The van der Waals surface area contributed by atoms with Gasteiger partial charge in [-0.05, 0) is 78.6 Å². The maximum atomic E-state index is 12.9. The zero-order valence-corrected chi connectivity index (χ0v) is 21.5. The first-order valence-corrected chi connectivity index (χ1v) is 22.0. The molecule has 10 heteroatoms. The van der Waals surface area contributed by atoms with Crippen molar-refractivity contribution >= 4 is 45.3 Å². The zero-order chi connectivity index (χ0) is 19.7. The Hall–Kier alpha value is -0.592. The third-order valence-corrected chi connectivity index (χ3v) is 7.68. The van der Waals surface area contributed by atoms with E-state index in [0.717, 1.165) is 0 Å². The summed E-state index contributed by atoms with van der Waals surface area (Å²) in [5.74, 6) is 0. The Bertz CT molecular complexity index is 429. The first-order chi connectivity index (χ1) is 10.3. The standard InChI is InChI=1S/C14H36N2O4Si4/c1-21(2,3)15(13(17)19-23(7,8)9)16(22(4,5)6)14(18)20-24(10,11)12/h1-12H3. The second-order valence-corrected chi connectivity index (χ2v) is 28.3. The highest BCUT2D eigenvalue weighted by molar-refractivity contribution is 6.81. The molecule has 0 atom stereocenters. The van der Waals surface area contributed by atoms with E-state index in [0.29, 0.717) is 0 Å². The van der Waals surface area contributed by atoms with Crippen molar-refractivity contribution < 1.29 is 18.4 Å². The van der Waals surface area contributed by atoms with Crippen LogP contribution in [0.2, 0.25) is 78.6 Å². The highest BCUT2D eigenvalue weighted by Crippen LogP contribution is 2.25. The molecule has 0 aliphatic heterocycles. The lowest BCUT2D eigenvalue weighted by Gasteiger charge is -2.48. The van der Waals surface area contributed by atoms with Gasteiger partial charge in [-0.1, -0.05) is 0 Å². The minimum Gasteiger partial charge on any atom is -0.504 e. The minimum absolute atomic E-state index is 0.414. The molecule has 0 unspecified atom stereocenters. The van der Waals surface area contributed by atoms with E-state index in [1.807, 2.05) is 78.6 Å². The Labute approximate surface area is 151 Å². The van der Waals surface area contributed by atoms with Crippen LogP contribution in [0.15, 0.2) is 0 Å². The van der Waals surface area contributed by atoms with Crippen molar-refractivity contribution in [2.45, 2.75) is 78.6 Å². The monoisotopic (exact) mass is 408 g/mol. The van der Waals surface area contributed by atoms with Crippen LogP contribution < -0.4 is 0 Å². The quantitative estimate of drug-likeness (QED) is 0.478. The molecule has 0 saturated carbocycles. The summed E-state index contributed by atoms with van der Waals surface area (Å²) < 4.78 is 14.6. The van der Waals surface area contributed by atoms with Gasteiger partial charge in [0.2, 0.25) is 16.6 Å².